The molecule has 0 aliphatic heterocycles. The number of halogens is 1. The Morgan fingerprint density at radius 3 is 3.33 bits per heavy atom. The first-order chi connectivity index (χ1) is 5.18. The van der Waals surface area contributed by atoms with E-state index >= 15 is 0 Å². The third-order valence-corrected chi connectivity index (χ3v) is 1.16. The van der Waals surface area contributed by atoms with Crippen molar-refractivity contribution in [2.45, 2.75) is 0 Å². The Morgan fingerprint density at radius 1 is 1.78 bits per heavy atom. The van der Waals surface area contributed by atoms with Crippen molar-refractivity contribution in [2.24, 2.45) is 0 Å². The molecule has 1 aromatic rings. The third kappa shape index (κ3) is 1.64. The minimum absolute atomic E-state index is 0.224. The first-order valence-electron chi connectivity index (χ1n) is 3.32. The van der Waals surface area contributed by atoms with Gasteiger partial charge in [-0.05, 0) is 15.9 Å². The summed E-state index contributed by atoms with van der Waals surface area (Å²) in [5, 5.41) is 0. The van der Waals surface area contributed by atoms with E-state index in [9.17, 15) is 0 Å². The average molecular weight is 191 g/mol. The monoisotopic (exact) mass is 190 g/mol. The van der Waals surface area contributed by atoms with Gasteiger partial charge in [0, 0.05) is 6.07 Å². The van der Waals surface area contributed by atoms with Crippen molar-refractivity contribution in [2.75, 3.05) is 7.06 Å². The molecular formula is C5H5BrN2O. The standard InChI is InChI=1S/C5H5BrN2O/c1-9-5-2-4(6)7-3-8-5/h2-3H,1H3/i1D2. The first kappa shape index (κ1) is 4.22. The van der Waals surface area contributed by atoms with Gasteiger partial charge in [0.25, 0.3) is 0 Å². The van der Waals surface area contributed by atoms with Crippen LogP contribution in [0.15, 0.2) is 17.0 Å². The quantitative estimate of drug-likeness (QED) is 0.626. The van der Waals surface area contributed by atoms with Crippen LogP contribution in [0.3, 0.4) is 0 Å². The second-order valence-corrected chi connectivity index (χ2v) is 2.11. The summed E-state index contributed by atoms with van der Waals surface area (Å²) < 4.78 is 18.7. The van der Waals surface area contributed by atoms with Crippen molar-refractivity contribution in [1.29, 1.82) is 0 Å². The maximum Gasteiger partial charge on any atom is 0.217 e. The minimum Gasteiger partial charge on any atom is -0.481 e. The number of nitrogens with zero attached hydrogens (tertiary/aromatic N) is 2. The largest absolute Gasteiger partial charge is 0.481 e. The number of ether oxygens (including phenoxy) is 1. The van der Waals surface area contributed by atoms with Gasteiger partial charge in [-0.1, -0.05) is 0 Å². The predicted octanol–water partition coefficient (Wildman–Crippen LogP) is 1.25. The Morgan fingerprint density at radius 2 is 2.67 bits per heavy atom. The number of aromatic nitrogens is 2. The maximum absolute atomic E-state index is 6.75. The Hall–Kier alpha value is -0.640. The summed E-state index contributed by atoms with van der Waals surface area (Å²) >= 11 is 3.10. The molecule has 0 spiro atoms. The van der Waals surface area contributed by atoms with E-state index in [0.717, 1.165) is 0 Å². The summed E-state index contributed by atoms with van der Waals surface area (Å²) in [4.78, 5) is 7.43. The van der Waals surface area contributed by atoms with E-state index < -0.39 is 7.06 Å². The second kappa shape index (κ2) is 2.77. The lowest BCUT2D eigenvalue weighted by molar-refractivity contribution is 0.396. The molecule has 0 unspecified atom stereocenters. The summed E-state index contributed by atoms with van der Waals surface area (Å²) in [7, 11) is -1.35. The summed E-state index contributed by atoms with van der Waals surface area (Å²) in [6.07, 6.45) is 1.29. The van der Waals surface area contributed by atoms with Crippen molar-refractivity contribution in [1.82, 2.24) is 9.97 Å². The predicted molar refractivity (Wildman–Crippen MR) is 36.3 cm³/mol. The lowest BCUT2D eigenvalue weighted by Crippen LogP contribution is -1.87. The topological polar surface area (TPSA) is 35.0 Å². The van der Waals surface area contributed by atoms with E-state index in [1.54, 1.807) is 0 Å². The van der Waals surface area contributed by atoms with Gasteiger partial charge >= 0.3 is 0 Å². The molecule has 0 aliphatic rings. The zero-order valence-corrected chi connectivity index (χ0v) is 6.00. The molecule has 4 heteroatoms. The Kier molecular flexibility index (Phi) is 1.30. The summed E-state index contributed by atoms with van der Waals surface area (Å²) in [5.41, 5.74) is 0. The molecule has 1 rings (SSSR count). The zero-order valence-electron chi connectivity index (χ0n) is 6.41. The lowest BCUT2D eigenvalue weighted by atomic mass is 10.6. The highest BCUT2D eigenvalue weighted by Gasteiger charge is 1.91. The third-order valence-electron chi connectivity index (χ3n) is 0.729. The van der Waals surface area contributed by atoms with Gasteiger partial charge in [0.05, 0.1) is 9.80 Å². The van der Waals surface area contributed by atoms with Gasteiger partial charge in [-0.3, -0.25) is 0 Å². The van der Waals surface area contributed by atoms with E-state index in [2.05, 4.69) is 30.6 Å². The van der Waals surface area contributed by atoms with Gasteiger partial charge in [0.1, 0.15) is 10.9 Å². The highest BCUT2D eigenvalue weighted by Crippen LogP contribution is 2.09. The zero-order chi connectivity index (χ0) is 8.27. The van der Waals surface area contributed by atoms with Crippen LogP contribution >= 0.6 is 15.9 Å². The average Bonchev–Trinajstić information content (AvgIpc) is 1.85. The van der Waals surface area contributed by atoms with Crippen LogP contribution in [0.25, 0.3) is 0 Å². The Labute approximate surface area is 64.0 Å². The van der Waals surface area contributed by atoms with Crippen LogP contribution in [0.5, 0.6) is 5.88 Å². The fourth-order valence-corrected chi connectivity index (χ4v) is 0.669. The molecule has 0 atom stereocenters. The van der Waals surface area contributed by atoms with Gasteiger partial charge < -0.3 is 4.74 Å². The normalized spacial score (nSPS) is 12.7. The Balaban J connectivity index is 2.71. The van der Waals surface area contributed by atoms with Crippen LogP contribution in [0, 0.1) is 0 Å². The molecule has 0 N–H and O–H groups in total. The fraction of sp³-hybridized carbons (Fsp3) is 0.200. The van der Waals surface area contributed by atoms with E-state index in [4.69, 9.17) is 2.74 Å². The summed E-state index contributed by atoms with van der Waals surface area (Å²) in [5.74, 6) is 0.224. The highest BCUT2D eigenvalue weighted by atomic mass is 79.9. The van der Waals surface area contributed by atoms with Crippen LogP contribution in [0.2, 0.25) is 0 Å². The molecule has 1 heterocycles. The van der Waals surface area contributed by atoms with Crippen LogP contribution in [0.4, 0.5) is 0 Å². The Bertz CT molecular complexity index is 246. The van der Waals surface area contributed by atoms with Crippen molar-refractivity contribution in [3.63, 3.8) is 0 Å². The van der Waals surface area contributed by atoms with Gasteiger partial charge in [-0.2, -0.15) is 0 Å². The molecule has 1 aromatic heterocycles. The highest BCUT2D eigenvalue weighted by molar-refractivity contribution is 9.10. The van der Waals surface area contributed by atoms with Crippen molar-refractivity contribution in [3.8, 4) is 5.88 Å². The van der Waals surface area contributed by atoms with Gasteiger partial charge in [0.15, 0.2) is 0 Å². The minimum atomic E-state index is -1.35. The molecule has 0 bridgehead atoms. The molecule has 0 aromatic carbocycles. The number of hydrogen-bond acceptors (Lipinski definition) is 3. The summed E-state index contributed by atoms with van der Waals surface area (Å²) in [6, 6.07) is 1.50. The van der Waals surface area contributed by atoms with E-state index in [1.165, 1.54) is 12.4 Å². The molecular weight excluding hydrogens is 184 g/mol. The van der Waals surface area contributed by atoms with Crippen LogP contribution in [-0.2, 0) is 0 Å². The van der Waals surface area contributed by atoms with Crippen molar-refractivity contribution < 1.29 is 7.48 Å². The van der Waals surface area contributed by atoms with Crippen LogP contribution in [-0.4, -0.2) is 17.0 Å². The number of rotatable bonds is 1. The molecule has 0 saturated heterocycles. The van der Waals surface area contributed by atoms with Gasteiger partial charge in [0.2, 0.25) is 5.88 Å². The molecule has 48 valence electrons. The van der Waals surface area contributed by atoms with Crippen molar-refractivity contribution >= 4 is 15.9 Å². The van der Waals surface area contributed by atoms with Crippen LogP contribution in [0.1, 0.15) is 2.74 Å². The fourth-order valence-electron chi connectivity index (χ4n) is 0.382. The molecule has 3 nitrogen and oxygen atoms in total. The number of hydrogen-bond donors (Lipinski definition) is 0. The molecule has 0 radical (unpaired) electrons. The number of methoxy groups -OCH3 is 1. The summed E-state index contributed by atoms with van der Waals surface area (Å²) in [6.45, 7) is 0. The van der Waals surface area contributed by atoms with Gasteiger partial charge in [-0.15, -0.1) is 0 Å². The van der Waals surface area contributed by atoms with E-state index in [1.807, 2.05) is 0 Å². The van der Waals surface area contributed by atoms with Crippen molar-refractivity contribution in [3.05, 3.63) is 17.0 Å². The molecule has 0 fully saturated rings. The lowest BCUT2D eigenvalue weighted by Gasteiger charge is -1.94. The van der Waals surface area contributed by atoms with E-state index in [0.29, 0.717) is 4.60 Å². The van der Waals surface area contributed by atoms with E-state index in [-0.39, 0.29) is 5.88 Å². The molecule has 9 heavy (non-hydrogen) atoms. The second-order valence-electron chi connectivity index (χ2n) is 1.30. The SMILES string of the molecule is [2H]C([2H])Oc1cc(Br)ncn1. The van der Waals surface area contributed by atoms with Gasteiger partial charge in [-0.25, -0.2) is 9.97 Å². The first-order valence-corrected chi connectivity index (χ1v) is 2.96. The molecule has 0 saturated carbocycles. The smallest absolute Gasteiger partial charge is 0.217 e. The molecule has 0 amide bonds. The maximum atomic E-state index is 6.75. The van der Waals surface area contributed by atoms with Crippen LogP contribution < -0.4 is 4.74 Å². The molecule has 0 aliphatic carbocycles.